The Morgan fingerprint density at radius 2 is 1.57 bits per heavy atom. The van der Waals surface area contributed by atoms with Crippen LogP contribution >= 0.6 is 0 Å². The van der Waals surface area contributed by atoms with E-state index in [1.807, 2.05) is 36.4 Å². The molecule has 0 spiro atoms. The third-order valence-electron chi connectivity index (χ3n) is 3.20. The minimum atomic E-state index is 0.188. The predicted molar refractivity (Wildman–Crippen MR) is 91.3 cm³/mol. The summed E-state index contributed by atoms with van der Waals surface area (Å²) in [5.74, 6) is 0. The molecule has 21 heavy (non-hydrogen) atoms. The van der Waals surface area contributed by atoms with Gasteiger partial charge < -0.3 is 10.2 Å². The first-order chi connectivity index (χ1) is 10.3. The zero-order valence-corrected chi connectivity index (χ0v) is 13.4. The fourth-order valence-corrected chi connectivity index (χ4v) is 1.97. The van der Waals surface area contributed by atoms with E-state index in [0.717, 1.165) is 6.54 Å². The number of hydrogen-bond donors (Lipinski definition) is 2. The summed E-state index contributed by atoms with van der Waals surface area (Å²) in [6.45, 7) is 8.58. The van der Waals surface area contributed by atoms with Crippen molar-refractivity contribution >= 4 is 6.08 Å². The van der Waals surface area contributed by atoms with E-state index < -0.39 is 0 Å². The van der Waals surface area contributed by atoms with Crippen LogP contribution in [0.1, 0.15) is 38.2 Å². The number of unbranched alkanes of at least 4 members (excludes halogenated alkanes) is 3. The van der Waals surface area contributed by atoms with Crippen LogP contribution in [-0.2, 0) is 0 Å². The molecule has 2 N–H and O–H groups in total. The van der Waals surface area contributed by atoms with Crippen LogP contribution in [-0.4, -0.2) is 48.0 Å². The molecule has 0 aliphatic heterocycles. The number of rotatable bonds is 10. The van der Waals surface area contributed by atoms with E-state index in [1.54, 1.807) is 0 Å². The molecular formula is C18H31NO2. The van der Waals surface area contributed by atoms with Gasteiger partial charge in [-0.1, -0.05) is 69.2 Å². The normalized spacial score (nSPS) is 10.1. The number of benzene rings is 1. The molecule has 0 saturated carbocycles. The molecule has 0 fully saturated rings. The summed E-state index contributed by atoms with van der Waals surface area (Å²) in [7, 11) is 0. The largest absolute Gasteiger partial charge is 0.395 e. The van der Waals surface area contributed by atoms with Crippen molar-refractivity contribution in [3.63, 3.8) is 0 Å². The van der Waals surface area contributed by atoms with Gasteiger partial charge in [0.1, 0.15) is 0 Å². The predicted octanol–water partition coefficient (Wildman–Crippen LogP) is 3.18. The fraction of sp³-hybridized carbons (Fsp3) is 0.556. The molecule has 0 heterocycles. The topological polar surface area (TPSA) is 43.7 Å². The molecule has 3 nitrogen and oxygen atoms in total. The molecule has 3 heteroatoms. The monoisotopic (exact) mass is 293 g/mol. The second kappa shape index (κ2) is 15.2. The summed E-state index contributed by atoms with van der Waals surface area (Å²) < 4.78 is 0. The van der Waals surface area contributed by atoms with Crippen LogP contribution in [0.3, 0.4) is 0 Å². The lowest BCUT2D eigenvalue weighted by atomic mass is 10.2. The molecule has 0 aliphatic rings. The van der Waals surface area contributed by atoms with E-state index in [1.165, 1.54) is 31.2 Å². The highest BCUT2D eigenvalue weighted by molar-refractivity contribution is 5.45. The smallest absolute Gasteiger partial charge is 0.0558 e. The van der Waals surface area contributed by atoms with Crippen LogP contribution in [0.25, 0.3) is 6.08 Å². The maximum Gasteiger partial charge on any atom is 0.0558 e. The lowest BCUT2D eigenvalue weighted by Gasteiger charge is -2.19. The van der Waals surface area contributed by atoms with Crippen molar-refractivity contribution in [3.8, 4) is 0 Å². The molecule has 0 aromatic heterocycles. The Bertz CT molecular complexity index is 321. The van der Waals surface area contributed by atoms with Gasteiger partial charge in [-0.15, -0.1) is 0 Å². The highest BCUT2D eigenvalue weighted by Crippen LogP contribution is 2.00. The van der Waals surface area contributed by atoms with Crippen molar-refractivity contribution in [1.29, 1.82) is 0 Å². The molecule has 1 aromatic carbocycles. The Morgan fingerprint density at radius 1 is 0.952 bits per heavy atom. The Morgan fingerprint density at radius 3 is 2.00 bits per heavy atom. The van der Waals surface area contributed by atoms with Gasteiger partial charge in [-0.25, -0.2) is 0 Å². The van der Waals surface area contributed by atoms with Gasteiger partial charge in [0.15, 0.2) is 0 Å². The van der Waals surface area contributed by atoms with E-state index in [-0.39, 0.29) is 13.2 Å². The van der Waals surface area contributed by atoms with Gasteiger partial charge in [0.2, 0.25) is 0 Å². The average Bonchev–Trinajstić information content (AvgIpc) is 2.53. The van der Waals surface area contributed by atoms with E-state index in [2.05, 4.69) is 18.4 Å². The average molecular weight is 293 g/mol. The lowest BCUT2D eigenvalue weighted by molar-refractivity contribution is 0.159. The summed E-state index contributed by atoms with van der Waals surface area (Å²) in [5, 5.41) is 17.5. The number of nitrogens with zero attached hydrogens (tertiary/aromatic N) is 1. The van der Waals surface area contributed by atoms with Crippen LogP contribution in [0.5, 0.6) is 0 Å². The van der Waals surface area contributed by atoms with Gasteiger partial charge in [-0.3, -0.25) is 4.90 Å². The number of aliphatic hydroxyl groups is 2. The zero-order valence-electron chi connectivity index (χ0n) is 13.4. The van der Waals surface area contributed by atoms with Crippen molar-refractivity contribution in [2.75, 3.05) is 32.8 Å². The number of hydrogen-bond acceptors (Lipinski definition) is 3. The molecule has 1 aromatic rings. The molecule has 0 saturated heterocycles. The van der Waals surface area contributed by atoms with Gasteiger partial charge >= 0.3 is 0 Å². The highest BCUT2D eigenvalue weighted by Gasteiger charge is 2.01. The maximum atomic E-state index is 8.74. The third-order valence-corrected chi connectivity index (χ3v) is 3.20. The first kappa shape index (κ1) is 19.8. The van der Waals surface area contributed by atoms with Crippen molar-refractivity contribution in [1.82, 2.24) is 4.90 Å². The van der Waals surface area contributed by atoms with Crippen molar-refractivity contribution in [2.24, 2.45) is 0 Å². The van der Waals surface area contributed by atoms with Crippen LogP contribution < -0.4 is 0 Å². The van der Waals surface area contributed by atoms with Gasteiger partial charge in [-0.05, 0) is 18.5 Å². The SMILES string of the molecule is C=Cc1ccccc1.CCCCCCN(CCO)CCO. The third kappa shape index (κ3) is 12.3. The highest BCUT2D eigenvalue weighted by atomic mass is 16.3. The summed E-state index contributed by atoms with van der Waals surface area (Å²) in [6.07, 6.45) is 6.80. The summed E-state index contributed by atoms with van der Waals surface area (Å²) in [5.41, 5.74) is 1.17. The van der Waals surface area contributed by atoms with Crippen molar-refractivity contribution < 1.29 is 10.2 Å². The Hall–Kier alpha value is -1.16. The molecule has 0 aliphatic carbocycles. The van der Waals surface area contributed by atoms with Gasteiger partial charge in [-0.2, -0.15) is 0 Å². The second-order valence-electron chi connectivity index (χ2n) is 4.96. The lowest BCUT2D eigenvalue weighted by Crippen LogP contribution is -2.30. The van der Waals surface area contributed by atoms with Crippen LogP contribution in [0.2, 0.25) is 0 Å². The second-order valence-corrected chi connectivity index (χ2v) is 4.96. The molecule has 1 rings (SSSR count). The van der Waals surface area contributed by atoms with Gasteiger partial charge in [0, 0.05) is 13.1 Å². The summed E-state index contributed by atoms with van der Waals surface area (Å²) in [6, 6.07) is 10.0. The van der Waals surface area contributed by atoms with E-state index in [4.69, 9.17) is 10.2 Å². The Labute approximate surface area is 129 Å². The molecule has 0 unspecified atom stereocenters. The molecule has 0 radical (unpaired) electrons. The van der Waals surface area contributed by atoms with Gasteiger partial charge in [0.05, 0.1) is 13.2 Å². The van der Waals surface area contributed by atoms with E-state index >= 15 is 0 Å². The quantitative estimate of drug-likeness (QED) is 0.651. The van der Waals surface area contributed by atoms with E-state index in [9.17, 15) is 0 Å². The number of aliphatic hydroxyl groups excluding tert-OH is 2. The van der Waals surface area contributed by atoms with Crippen LogP contribution in [0.15, 0.2) is 36.9 Å². The zero-order chi connectivity index (χ0) is 15.8. The van der Waals surface area contributed by atoms with Crippen molar-refractivity contribution in [2.45, 2.75) is 32.6 Å². The molecule has 120 valence electrons. The standard InChI is InChI=1S/C10H23NO2.C8H8/c1-2-3-4-5-6-11(7-9-12)8-10-13;1-2-8-6-4-3-5-7-8/h12-13H,2-10H2,1H3;2-7H,1H2. The Kier molecular flexibility index (Phi) is 14.4. The maximum absolute atomic E-state index is 8.74. The molecule has 0 amide bonds. The summed E-state index contributed by atoms with van der Waals surface area (Å²) >= 11 is 0. The van der Waals surface area contributed by atoms with Crippen LogP contribution in [0, 0.1) is 0 Å². The first-order valence-electron chi connectivity index (χ1n) is 7.90. The first-order valence-corrected chi connectivity index (χ1v) is 7.90. The fourth-order valence-electron chi connectivity index (χ4n) is 1.97. The Balaban J connectivity index is 0.000000423. The molecular weight excluding hydrogens is 262 g/mol. The minimum absolute atomic E-state index is 0.188. The molecule has 0 atom stereocenters. The van der Waals surface area contributed by atoms with Gasteiger partial charge in [0.25, 0.3) is 0 Å². The van der Waals surface area contributed by atoms with Crippen molar-refractivity contribution in [3.05, 3.63) is 42.5 Å². The summed E-state index contributed by atoms with van der Waals surface area (Å²) in [4.78, 5) is 2.11. The molecule has 0 bridgehead atoms. The van der Waals surface area contributed by atoms with Crippen LogP contribution in [0.4, 0.5) is 0 Å². The minimum Gasteiger partial charge on any atom is -0.395 e. The van der Waals surface area contributed by atoms with E-state index in [0.29, 0.717) is 13.1 Å².